The molecule has 0 N–H and O–H groups in total. The maximum absolute atomic E-state index is 2.52. The summed E-state index contributed by atoms with van der Waals surface area (Å²) >= 11 is 0. The second-order valence-electron chi connectivity index (χ2n) is 15.0. The fourth-order valence-electron chi connectivity index (χ4n) is 10.00. The molecule has 1 unspecified atom stereocenters. The predicted molar refractivity (Wildman–Crippen MR) is 227 cm³/mol. The van der Waals surface area contributed by atoms with Gasteiger partial charge in [-0.1, -0.05) is 133 Å². The number of rotatable bonds is 3. The van der Waals surface area contributed by atoms with Gasteiger partial charge < -0.3 is 9.47 Å². The molecule has 0 saturated heterocycles. The summed E-state index contributed by atoms with van der Waals surface area (Å²) in [4.78, 5) is 2.52. The first-order valence-electron chi connectivity index (χ1n) is 18.9. The molecule has 54 heavy (non-hydrogen) atoms. The van der Waals surface area contributed by atoms with E-state index < -0.39 is 0 Å². The van der Waals surface area contributed by atoms with Gasteiger partial charge in [0.15, 0.2) is 0 Å². The quantitative estimate of drug-likeness (QED) is 0.168. The highest BCUT2D eigenvalue weighted by Gasteiger charge is 2.48. The average molecular weight is 687 g/mol. The number of para-hydroxylation sites is 2. The summed E-state index contributed by atoms with van der Waals surface area (Å²) in [6, 6.07) is 69.8. The van der Waals surface area contributed by atoms with Crippen molar-refractivity contribution in [3.63, 3.8) is 0 Å². The van der Waals surface area contributed by atoms with Crippen LogP contribution in [-0.2, 0) is 5.41 Å². The van der Waals surface area contributed by atoms with Crippen molar-refractivity contribution in [2.24, 2.45) is 0 Å². The summed E-state index contributed by atoms with van der Waals surface area (Å²) in [7, 11) is 0. The first-order valence-corrected chi connectivity index (χ1v) is 18.9. The summed E-state index contributed by atoms with van der Waals surface area (Å²) < 4.78 is 2.41. The molecule has 2 nitrogen and oxygen atoms in total. The van der Waals surface area contributed by atoms with E-state index >= 15 is 0 Å². The van der Waals surface area contributed by atoms with E-state index in [0.717, 1.165) is 0 Å². The topological polar surface area (TPSA) is 8.17 Å². The van der Waals surface area contributed by atoms with Gasteiger partial charge in [0.05, 0.1) is 22.4 Å². The van der Waals surface area contributed by atoms with E-state index in [1.807, 2.05) is 0 Å². The van der Waals surface area contributed by atoms with Crippen LogP contribution in [0.5, 0.6) is 0 Å². The lowest BCUT2D eigenvalue weighted by Gasteiger charge is -2.42. The Labute approximate surface area is 313 Å². The number of fused-ring (bicyclic) bond motifs is 11. The Hall–Kier alpha value is -6.90. The minimum atomic E-state index is -0.333. The van der Waals surface area contributed by atoms with Crippen molar-refractivity contribution in [1.29, 1.82) is 0 Å². The van der Waals surface area contributed by atoms with Crippen molar-refractivity contribution in [1.82, 2.24) is 4.57 Å². The largest absolute Gasteiger partial charge is 0.310 e. The molecule has 252 valence electrons. The van der Waals surface area contributed by atoms with Crippen LogP contribution in [0.2, 0.25) is 0 Å². The van der Waals surface area contributed by atoms with Crippen LogP contribution in [0.4, 0.5) is 17.1 Å². The molecule has 2 aliphatic rings. The van der Waals surface area contributed by atoms with Gasteiger partial charge in [-0.25, -0.2) is 0 Å². The standard InChI is InChI=1S/C52H34N2/c1-52-44-21-9-7-17-40(44)41-20-12-24-49(51(41)52)54(37-29-27-34-26-25-33-13-5-6-16-38(33)43(34)32-37)47-30-28-35(31-45(47)52)39-19-11-23-48-50(39)42-18-8-10-22-46(42)53(48)36-14-3-2-4-15-36/h2-32H,1H3. The highest BCUT2D eigenvalue weighted by atomic mass is 15.2. The third-order valence-corrected chi connectivity index (χ3v) is 12.3. The molecule has 9 aromatic carbocycles. The zero-order chi connectivity index (χ0) is 35.5. The lowest BCUT2D eigenvalue weighted by Crippen LogP contribution is -2.32. The van der Waals surface area contributed by atoms with Crippen LogP contribution in [0.15, 0.2) is 188 Å². The zero-order valence-corrected chi connectivity index (χ0v) is 29.8. The summed E-state index contributed by atoms with van der Waals surface area (Å²) in [5.74, 6) is 0. The van der Waals surface area contributed by atoms with Crippen LogP contribution < -0.4 is 4.90 Å². The second kappa shape index (κ2) is 10.8. The molecule has 2 heterocycles. The van der Waals surface area contributed by atoms with Gasteiger partial charge in [0.1, 0.15) is 0 Å². The summed E-state index contributed by atoms with van der Waals surface area (Å²) in [6.45, 7) is 2.46. The molecule has 0 radical (unpaired) electrons. The van der Waals surface area contributed by atoms with Crippen molar-refractivity contribution in [2.75, 3.05) is 4.90 Å². The molecule has 1 atom stereocenters. The van der Waals surface area contributed by atoms with Crippen LogP contribution in [0, 0.1) is 0 Å². The fraction of sp³-hybridized carbons (Fsp3) is 0.0385. The van der Waals surface area contributed by atoms with Gasteiger partial charge in [-0.15, -0.1) is 0 Å². The Morgan fingerprint density at radius 2 is 1.09 bits per heavy atom. The Morgan fingerprint density at radius 1 is 0.407 bits per heavy atom. The summed E-state index contributed by atoms with van der Waals surface area (Å²) in [5, 5.41) is 7.61. The predicted octanol–water partition coefficient (Wildman–Crippen LogP) is 13.9. The number of anilines is 3. The average Bonchev–Trinajstić information content (AvgIpc) is 3.72. The van der Waals surface area contributed by atoms with E-state index in [1.165, 1.54) is 105 Å². The molecule has 0 saturated carbocycles. The third-order valence-electron chi connectivity index (χ3n) is 12.3. The van der Waals surface area contributed by atoms with Crippen molar-refractivity contribution < 1.29 is 0 Å². The lowest BCUT2D eigenvalue weighted by atomic mass is 9.70. The maximum atomic E-state index is 2.52. The third kappa shape index (κ3) is 3.84. The molecular weight excluding hydrogens is 653 g/mol. The molecule has 2 heteroatoms. The number of hydrogen-bond acceptors (Lipinski definition) is 1. The molecule has 1 aliphatic heterocycles. The van der Waals surface area contributed by atoms with Crippen molar-refractivity contribution in [3.05, 3.63) is 205 Å². The van der Waals surface area contributed by atoms with Gasteiger partial charge in [-0.3, -0.25) is 0 Å². The van der Waals surface area contributed by atoms with Gasteiger partial charge in [0, 0.05) is 27.6 Å². The molecule has 0 amide bonds. The number of hydrogen-bond donors (Lipinski definition) is 0. The van der Waals surface area contributed by atoms with E-state index in [-0.39, 0.29) is 5.41 Å². The second-order valence-corrected chi connectivity index (χ2v) is 15.0. The fourth-order valence-corrected chi connectivity index (χ4v) is 10.00. The van der Waals surface area contributed by atoms with Gasteiger partial charge in [-0.2, -0.15) is 0 Å². The summed E-state index contributed by atoms with van der Waals surface area (Å²) in [6.07, 6.45) is 0. The SMILES string of the molecule is CC12c3ccccc3-c3cccc(c31)N(c1ccc3ccc4ccccc4c3c1)c1ccc(-c3cccc4c3c3ccccc3n4-c3ccccc3)cc12. The first kappa shape index (κ1) is 29.7. The molecule has 0 bridgehead atoms. The molecule has 0 fully saturated rings. The van der Waals surface area contributed by atoms with Crippen molar-refractivity contribution in [2.45, 2.75) is 12.3 Å². The van der Waals surface area contributed by atoms with Crippen LogP contribution in [-0.4, -0.2) is 4.57 Å². The van der Waals surface area contributed by atoms with Crippen LogP contribution in [0.25, 0.3) is 71.3 Å². The highest BCUT2D eigenvalue weighted by molar-refractivity contribution is 6.16. The van der Waals surface area contributed by atoms with E-state index in [9.17, 15) is 0 Å². The Kier molecular flexibility index (Phi) is 5.94. The number of benzene rings is 9. The van der Waals surface area contributed by atoms with Crippen LogP contribution in [0.1, 0.15) is 23.6 Å². The zero-order valence-electron chi connectivity index (χ0n) is 29.8. The Morgan fingerprint density at radius 3 is 2.00 bits per heavy atom. The van der Waals surface area contributed by atoms with Crippen LogP contribution in [0.3, 0.4) is 0 Å². The van der Waals surface area contributed by atoms with E-state index in [0.29, 0.717) is 0 Å². The van der Waals surface area contributed by atoms with Gasteiger partial charge >= 0.3 is 0 Å². The first-order chi connectivity index (χ1) is 26.7. The lowest BCUT2D eigenvalue weighted by molar-refractivity contribution is 0.702. The van der Waals surface area contributed by atoms with E-state index in [2.05, 4.69) is 204 Å². The maximum Gasteiger partial charge on any atom is 0.0547 e. The Bertz CT molecular complexity index is 3190. The van der Waals surface area contributed by atoms with Crippen molar-refractivity contribution in [3.8, 4) is 27.9 Å². The highest BCUT2D eigenvalue weighted by Crippen LogP contribution is 2.62. The molecule has 0 spiro atoms. The van der Waals surface area contributed by atoms with Crippen LogP contribution >= 0.6 is 0 Å². The van der Waals surface area contributed by atoms with E-state index in [1.54, 1.807) is 0 Å². The summed E-state index contributed by atoms with van der Waals surface area (Å²) in [5.41, 5.74) is 16.1. The minimum absolute atomic E-state index is 0.333. The van der Waals surface area contributed by atoms with Gasteiger partial charge in [0.2, 0.25) is 0 Å². The number of aromatic nitrogens is 1. The molecular formula is C52H34N2. The smallest absolute Gasteiger partial charge is 0.0547 e. The monoisotopic (exact) mass is 686 g/mol. The van der Waals surface area contributed by atoms with E-state index in [4.69, 9.17) is 0 Å². The van der Waals surface area contributed by atoms with Gasteiger partial charge in [-0.05, 0) is 122 Å². The molecule has 12 rings (SSSR count). The van der Waals surface area contributed by atoms with Gasteiger partial charge in [0.25, 0.3) is 0 Å². The molecule has 10 aromatic rings. The molecule has 1 aliphatic carbocycles. The Balaban J connectivity index is 1.15. The number of nitrogens with zero attached hydrogens (tertiary/aromatic N) is 2. The minimum Gasteiger partial charge on any atom is -0.310 e. The molecule has 1 aromatic heterocycles. The normalized spacial score (nSPS) is 15.5. The van der Waals surface area contributed by atoms with Crippen molar-refractivity contribution >= 4 is 60.4 Å².